The number of benzene rings is 2. The molecule has 0 atom stereocenters. The molecule has 35 heavy (non-hydrogen) atoms. The van der Waals surface area contributed by atoms with Crippen molar-refractivity contribution < 1.29 is 26.9 Å². The topological polar surface area (TPSA) is 86.7 Å². The molecule has 1 heterocycles. The Morgan fingerprint density at radius 1 is 0.857 bits per heavy atom. The first-order valence-electron chi connectivity index (χ1n) is 11.4. The van der Waals surface area contributed by atoms with Gasteiger partial charge >= 0.3 is 10.1 Å². The highest BCUT2D eigenvalue weighted by Crippen LogP contribution is 2.49. The Labute approximate surface area is 213 Å². The van der Waals surface area contributed by atoms with Crippen molar-refractivity contribution in [3.05, 3.63) is 80.2 Å². The van der Waals surface area contributed by atoms with E-state index < -0.39 is 16.0 Å². The zero-order valence-corrected chi connectivity index (χ0v) is 21.2. The van der Waals surface area contributed by atoms with Crippen molar-refractivity contribution in [3.8, 4) is 5.75 Å². The molecule has 3 aliphatic rings. The van der Waals surface area contributed by atoms with Crippen LogP contribution in [0, 0.1) is 6.92 Å². The van der Waals surface area contributed by atoms with E-state index in [2.05, 4.69) is 0 Å². The van der Waals surface area contributed by atoms with Gasteiger partial charge in [0.2, 0.25) is 0 Å². The molecule has 0 amide bonds. The molecule has 0 aromatic heterocycles. The number of rotatable bonds is 4. The molecule has 2 aliphatic carbocycles. The van der Waals surface area contributed by atoms with Crippen molar-refractivity contribution in [2.45, 2.75) is 56.3 Å². The number of hydrogen-bond donors (Lipinski definition) is 0. The summed E-state index contributed by atoms with van der Waals surface area (Å²) in [5.74, 6) is 0.167. The molecule has 0 spiro atoms. The van der Waals surface area contributed by atoms with E-state index in [0.717, 1.165) is 5.56 Å². The minimum atomic E-state index is -4.18. The molecule has 2 aromatic carbocycles. The fraction of sp³-hybridized carbons (Fsp3) is 0.308. The standard InChI is InChI=1S/C26H22Cl2O6S/c1-14-8-10-16(11-9-14)35(31,32)34-26-17(27)12-15(13-18(26)28)23-24-19(29)4-2-6-21(24)33-22-7-3-5-20(30)25(22)23/h8-13,23H,2-7H2,1H3. The molecular formula is C26H22Cl2O6S. The van der Waals surface area contributed by atoms with Crippen molar-refractivity contribution in [2.24, 2.45) is 0 Å². The summed E-state index contributed by atoms with van der Waals surface area (Å²) >= 11 is 13.0. The molecule has 0 fully saturated rings. The Bertz CT molecular complexity index is 1360. The number of halogens is 2. The van der Waals surface area contributed by atoms with Gasteiger partial charge in [0.25, 0.3) is 0 Å². The first kappa shape index (κ1) is 24.1. The van der Waals surface area contributed by atoms with Crippen LogP contribution in [0.1, 0.15) is 55.6 Å². The van der Waals surface area contributed by atoms with Gasteiger partial charge < -0.3 is 8.92 Å². The van der Waals surface area contributed by atoms with Crippen LogP contribution in [0.2, 0.25) is 10.0 Å². The van der Waals surface area contributed by atoms with E-state index in [1.807, 2.05) is 6.92 Å². The first-order chi connectivity index (χ1) is 16.7. The van der Waals surface area contributed by atoms with E-state index in [9.17, 15) is 18.0 Å². The third kappa shape index (κ3) is 4.41. The highest BCUT2D eigenvalue weighted by molar-refractivity contribution is 7.87. The van der Waals surface area contributed by atoms with Crippen molar-refractivity contribution in [1.29, 1.82) is 0 Å². The maximum Gasteiger partial charge on any atom is 0.339 e. The lowest BCUT2D eigenvalue weighted by atomic mass is 9.73. The predicted molar refractivity (Wildman–Crippen MR) is 131 cm³/mol. The first-order valence-corrected chi connectivity index (χ1v) is 13.5. The predicted octanol–water partition coefficient (Wildman–Crippen LogP) is 6.20. The van der Waals surface area contributed by atoms with Gasteiger partial charge in [-0.15, -0.1) is 0 Å². The molecule has 0 radical (unpaired) electrons. The molecule has 0 unspecified atom stereocenters. The fourth-order valence-corrected chi connectivity index (χ4v) is 6.48. The summed E-state index contributed by atoms with van der Waals surface area (Å²) in [4.78, 5) is 25.9. The summed E-state index contributed by atoms with van der Waals surface area (Å²) in [5, 5.41) is -0.0732. The highest BCUT2D eigenvalue weighted by atomic mass is 35.5. The molecule has 2 aromatic rings. The van der Waals surface area contributed by atoms with Gasteiger partial charge in [0.1, 0.15) is 16.4 Å². The molecule has 0 N–H and O–H groups in total. The van der Waals surface area contributed by atoms with Crippen molar-refractivity contribution >= 4 is 44.9 Å². The van der Waals surface area contributed by atoms with Crippen LogP contribution < -0.4 is 4.18 Å². The summed E-state index contributed by atoms with van der Waals surface area (Å²) in [6.07, 6.45) is 3.33. The monoisotopic (exact) mass is 532 g/mol. The van der Waals surface area contributed by atoms with Gasteiger partial charge in [0.05, 0.1) is 10.0 Å². The van der Waals surface area contributed by atoms with Gasteiger partial charge in [-0.1, -0.05) is 40.9 Å². The van der Waals surface area contributed by atoms with Gasteiger partial charge in [-0.05, 0) is 49.6 Å². The molecule has 5 rings (SSSR count). The van der Waals surface area contributed by atoms with E-state index in [4.69, 9.17) is 32.1 Å². The van der Waals surface area contributed by atoms with E-state index >= 15 is 0 Å². The van der Waals surface area contributed by atoms with Crippen molar-refractivity contribution in [3.63, 3.8) is 0 Å². The normalized spacial score (nSPS) is 18.8. The number of ether oxygens (including phenoxy) is 1. The summed E-state index contributed by atoms with van der Waals surface area (Å²) in [6.45, 7) is 1.84. The van der Waals surface area contributed by atoms with Crippen LogP contribution in [0.3, 0.4) is 0 Å². The second kappa shape index (κ2) is 9.12. The van der Waals surface area contributed by atoms with E-state index in [1.165, 1.54) is 24.3 Å². The molecule has 182 valence electrons. The summed E-state index contributed by atoms with van der Waals surface area (Å²) in [5.41, 5.74) is 2.34. The third-order valence-electron chi connectivity index (χ3n) is 6.50. The highest BCUT2D eigenvalue weighted by Gasteiger charge is 2.42. The minimum Gasteiger partial charge on any atom is -0.465 e. The van der Waals surface area contributed by atoms with Crippen LogP contribution in [0.5, 0.6) is 5.75 Å². The van der Waals surface area contributed by atoms with Crippen molar-refractivity contribution in [2.75, 3.05) is 0 Å². The second-order valence-electron chi connectivity index (χ2n) is 8.93. The maximum absolute atomic E-state index is 13.0. The SMILES string of the molecule is Cc1ccc(S(=O)(=O)Oc2c(Cl)cc(C3C4=C(CCCC4=O)OC4=C3C(=O)CCC4)cc2Cl)cc1. The minimum absolute atomic E-state index is 0.0334. The second-order valence-corrected chi connectivity index (χ2v) is 11.3. The smallest absolute Gasteiger partial charge is 0.339 e. The largest absolute Gasteiger partial charge is 0.465 e. The number of ketones is 2. The number of carbonyl (C=O) groups is 2. The molecule has 6 nitrogen and oxygen atoms in total. The van der Waals surface area contributed by atoms with Crippen molar-refractivity contribution in [1.82, 2.24) is 0 Å². The maximum atomic E-state index is 13.0. The van der Waals surface area contributed by atoms with Crippen LogP contribution in [0.15, 0.2) is 64.0 Å². The quantitative estimate of drug-likeness (QED) is 0.435. The summed E-state index contributed by atoms with van der Waals surface area (Å²) < 4.78 is 37.0. The van der Waals surface area contributed by atoms with Crippen LogP contribution >= 0.6 is 23.2 Å². The van der Waals surface area contributed by atoms with Gasteiger partial charge in [-0.2, -0.15) is 8.42 Å². The van der Waals surface area contributed by atoms with Crippen LogP contribution in [-0.4, -0.2) is 20.0 Å². The number of Topliss-reactive ketones (excluding diaryl/α,β-unsaturated/α-hetero) is 2. The number of aryl methyl sites for hydroxylation is 1. The van der Waals surface area contributed by atoms with Crippen LogP contribution in [-0.2, 0) is 24.4 Å². The molecule has 0 bridgehead atoms. The summed E-state index contributed by atoms with van der Waals surface area (Å²) in [7, 11) is -4.18. The average Bonchev–Trinajstić information content (AvgIpc) is 2.81. The number of hydrogen-bond acceptors (Lipinski definition) is 6. The molecular weight excluding hydrogens is 511 g/mol. The van der Waals surface area contributed by atoms with E-state index in [0.29, 0.717) is 66.8 Å². The Morgan fingerprint density at radius 3 is 1.89 bits per heavy atom. The molecule has 9 heteroatoms. The zero-order valence-electron chi connectivity index (χ0n) is 18.9. The fourth-order valence-electron chi connectivity index (χ4n) is 4.84. The van der Waals surface area contributed by atoms with Crippen LogP contribution in [0.25, 0.3) is 0 Å². The summed E-state index contributed by atoms with van der Waals surface area (Å²) in [6, 6.07) is 9.23. The molecule has 0 saturated heterocycles. The van der Waals surface area contributed by atoms with Gasteiger partial charge in [0.15, 0.2) is 17.3 Å². The van der Waals surface area contributed by atoms with Gasteiger partial charge in [0, 0.05) is 42.7 Å². The Balaban J connectivity index is 1.58. The van der Waals surface area contributed by atoms with Gasteiger partial charge in [-0.3, -0.25) is 9.59 Å². The number of carbonyl (C=O) groups excluding carboxylic acids is 2. The number of allylic oxidation sites excluding steroid dienone is 4. The third-order valence-corrected chi connectivity index (χ3v) is 8.29. The molecule has 1 aliphatic heterocycles. The average molecular weight is 533 g/mol. The zero-order chi connectivity index (χ0) is 24.9. The lowest BCUT2D eigenvalue weighted by Gasteiger charge is -2.36. The lowest BCUT2D eigenvalue weighted by molar-refractivity contribution is -0.117. The van der Waals surface area contributed by atoms with E-state index in [-0.39, 0.29) is 32.3 Å². The van der Waals surface area contributed by atoms with Crippen LogP contribution in [0.4, 0.5) is 0 Å². The van der Waals surface area contributed by atoms with Gasteiger partial charge in [-0.25, -0.2) is 0 Å². The lowest BCUT2D eigenvalue weighted by Crippen LogP contribution is -2.30. The Kier molecular flexibility index (Phi) is 6.28. The Hall–Kier alpha value is -2.61. The van der Waals surface area contributed by atoms with E-state index in [1.54, 1.807) is 12.1 Å². The molecule has 0 saturated carbocycles. The Morgan fingerprint density at radius 2 is 1.37 bits per heavy atom.